The SMILES string of the molecule is CCC(CC(C)(C)O)S(C)(=O)=O. The lowest BCUT2D eigenvalue weighted by Gasteiger charge is -2.22. The summed E-state index contributed by atoms with van der Waals surface area (Å²) in [5.41, 5.74) is -0.899. The average Bonchev–Trinajstić information content (AvgIpc) is 1.78. The molecule has 12 heavy (non-hydrogen) atoms. The van der Waals surface area contributed by atoms with E-state index in [1.165, 1.54) is 6.26 Å². The van der Waals surface area contributed by atoms with E-state index in [2.05, 4.69) is 0 Å². The van der Waals surface area contributed by atoms with Crippen LogP contribution in [-0.2, 0) is 9.84 Å². The topological polar surface area (TPSA) is 54.4 Å². The second-order valence-electron chi connectivity index (χ2n) is 3.88. The van der Waals surface area contributed by atoms with Gasteiger partial charge in [-0.05, 0) is 26.7 Å². The van der Waals surface area contributed by atoms with Gasteiger partial charge in [0, 0.05) is 6.26 Å². The lowest BCUT2D eigenvalue weighted by Crippen LogP contribution is -2.30. The molecule has 3 nitrogen and oxygen atoms in total. The van der Waals surface area contributed by atoms with Gasteiger partial charge < -0.3 is 5.11 Å². The maximum atomic E-state index is 11.1. The minimum absolute atomic E-state index is 0.308. The van der Waals surface area contributed by atoms with Gasteiger partial charge in [-0.2, -0.15) is 0 Å². The summed E-state index contributed by atoms with van der Waals surface area (Å²) >= 11 is 0. The predicted octanol–water partition coefficient (Wildman–Crippen LogP) is 0.971. The van der Waals surface area contributed by atoms with Crippen molar-refractivity contribution in [1.29, 1.82) is 0 Å². The number of hydrogen-bond donors (Lipinski definition) is 1. The molecular formula is C8H18O3S. The lowest BCUT2D eigenvalue weighted by molar-refractivity contribution is 0.0695. The van der Waals surface area contributed by atoms with E-state index >= 15 is 0 Å². The maximum Gasteiger partial charge on any atom is 0.150 e. The molecule has 1 N–H and O–H groups in total. The van der Waals surface area contributed by atoms with Gasteiger partial charge in [0.2, 0.25) is 0 Å². The first-order valence-corrected chi connectivity index (χ1v) is 6.03. The zero-order valence-corrected chi connectivity index (χ0v) is 8.98. The van der Waals surface area contributed by atoms with Crippen LogP contribution in [0.1, 0.15) is 33.6 Å². The van der Waals surface area contributed by atoms with Crippen molar-refractivity contribution in [2.75, 3.05) is 6.26 Å². The standard InChI is InChI=1S/C8H18O3S/c1-5-7(12(4,10)11)6-8(2,3)9/h7,9H,5-6H2,1-4H3. The highest BCUT2D eigenvalue weighted by molar-refractivity contribution is 7.91. The van der Waals surface area contributed by atoms with Crippen molar-refractivity contribution in [3.05, 3.63) is 0 Å². The van der Waals surface area contributed by atoms with Gasteiger partial charge in [0.05, 0.1) is 10.9 Å². The van der Waals surface area contributed by atoms with Crippen LogP contribution >= 0.6 is 0 Å². The highest BCUT2D eigenvalue weighted by Crippen LogP contribution is 2.18. The third-order valence-corrected chi connectivity index (χ3v) is 3.50. The monoisotopic (exact) mass is 194 g/mol. The molecule has 0 heterocycles. The minimum Gasteiger partial charge on any atom is -0.390 e. The quantitative estimate of drug-likeness (QED) is 0.725. The zero-order chi connectivity index (χ0) is 9.99. The predicted molar refractivity (Wildman–Crippen MR) is 49.8 cm³/mol. The molecule has 0 saturated carbocycles. The molecule has 0 aromatic heterocycles. The van der Waals surface area contributed by atoms with E-state index in [0.29, 0.717) is 12.8 Å². The van der Waals surface area contributed by atoms with Crippen molar-refractivity contribution >= 4 is 9.84 Å². The molecule has 4 heteroatoms. The number of rotatable bonds is 4. The van der Waals surface area contributed by atoms with Crippen LogP contribution in [0.2, 0.25) is 0 Å². The van der Waals surface area contributed by atoms with Gasteiger partial charge in [-0.15, -0.1) is 0 Å². The molecule has 0 aliphatic heterocycles. The first-order valence-electron chi connectivity index (χ1n) is 4.08. The summed E-state index contributed by atoms with van der Waals surface area (Å²) in [6, 6.07) is 0. The van der Waals surface area contributed by atoms with Crippen LogP contribution in [0.5, 0.6) is 0 Å². The first kappa shape index (κ1) is 11.9. The Morgan fingerprint density at radius 2 is 1.83 bits per heavy atom. The van der Waals surface area contributed by atoms with Gasteiger partial charge >= 0.3 is 0 Å². The van der Waals surface area contributed by atoms with Crippen molar-refractivity contribution in [2.24, 2.45) is 0 Å². The Bertz CT molecular complexity index is 223. The summed E-state index contributed by atoms with van der Waals surface area (Å²) in [7, 11) is -3.01. The Morgan fingerprint density at radius 3 is 1.92 bits per heavy atom. The van der Waals surface area contributed by atoms with E-state index in [1.807, 2.05) is 6.92 Å². The van der Waals surface area contributed by atoms with Crippen molar-refractivity contribution < 1.29 is 13.5 Å². The second kappa shape index (κ2) is 3.75. The fourth-order valence-corrected chi connectivity index (χ4v) is 2.47. The maximum absolute atomic E-state index is 11.1. The van der Waals surface area contributed by atoms with E-state index in [1.54, 1.807) is 13.8 Å². The van der Waals surface area contributed by atoms with Crippen molar-refractivity contribution in [3.8, 4) is 0 Å². The Kier molecular flexibility index (Phi) is 3.72. The molecule has 0 bridgehead atoms. The lowest BCUT2D eigenvalue weighted by atomic mass is 10.0. The molecule has 1 atom stereocenters. The average molecular weight is 194 g/mol. The van der Waals surface area contributed by atoms with Crippen LogP contribution in [0.15, 0.2) is 0 Å². The van der Waals surface area contributed by atoms with Crippen LogP contribution in [0, 0.1) is 0 Å². The van der Waals surface area contributed by atoms with Crippen LogP contribution in [0.3, 0.4) is 0 Å². The Labute approximate surface area is 74.7 Å². The van der Waals surface area contributed by atoms with Crippen LogP contribution in [-0.4, -0.2) is 30.6 Å². The fraction of sp³-hybridized carbons (Fsp3) is 1.00. The summed E-state index contributed by atoms with van der Waals surface area (Å²) < 4.78 is 22.3. The molecule has 0 aromatic rings. The summed E-state index contributed by atoms with van der Waals surface area (Å²) in [4.78, 5) is 0. The zero-order valence-electron chi connectivity index (χ0n) is 8.16. The highest BCUT2D eigenvalue weighted by Gasteiger charge is 2.26. The molecule has 0 aliphatic rings. The van der Waals surface area contributed by atoms with Gasteiger partial charge in [-0.3, -0.25) is 0 Å². The number of hydrogen-bond acceptors (Lipinski definition) is 3. The fourth-order valence-electron chi connectivity index (χ4n) is 1.16. The van der Waals surface area contributed by atoms with Gasteiger partial charge in [0.15, 0.2) is 0 Å². The molecule has 0 rings (SSSR count). The summed E-state index contributed by atoms with van der Waals surface area (Å²) in [5, 5.41) is 9.00. The number of sulfone groups is 1. The van der Waals surface area contributed by atoms with Crippen molar-refractivity contribution in [2.45, 2.75) is 44.5 Å². The summed E-state index contributed by atoms with van der Waals surface area (Å²) in [6.45, 7) is 5.07. The molecule has 0 aromatic carbocycles. The van der Waals surface area contributed by atoms with Gasteiger partial charge in [0.25, 0.3) is 0 Å². The molecule has 0 aliphatic carbocycles. The molecule has 0 spiro atoms. The molecule has 0 radical (unpaired) electrons. The van der Waals surface area contributed by atoms with Crippen molar-refractivity contribution in [1.82, 2.24) is 0 Å². The highest BCUT2D eigenvalue weighted by atomic mass is 32.2. The van der Waals surface area contributed by atoms with Crippen LogP contribution in [0.25, 0.3) is 0 Å². The van der Waals surface area contributed by atoms with E-state index < -0.39 is 20.7 Å². The Balaban J connectivity index is 4.41. The minimum atomic E-state index is -3.01. The molecular weight excluding hydrogens is 176 g/mol. The van der Waals surface area contributed by atoms with Crippen molar-refractivity contribution in [3.63, 3.8) is 0 Å². The summed E-state index contributed by atoms with van der Waals surface area (Å²) in [6.07, 6.45) is 2.08. The van der Waals surface area contributed by atoms with E-state index in [4.69, 9.17) is 0 Å². The first-order chi connectivity index (χ1) is 5.17. The molecule has 0 fully saturated rings. The van der Waals surface area contributed by atoms with E-state index in [9.17, 15) is 13.5 Å². The van der Waals surface area contributed by atoms with Gasteiger partial charge in [0.1, 0.15) is 9.84 Å². The van der Waals surface area contributed by atoms with Gasteiger partial charge in [-0.25, -0.2) is 8.42 Å². The smallest absolute Gasteiger partial charge is 0.150 e. The van der Waals surface area contributed by atoms with Crippen LogP contribution in [0.4, 0.5) is 0 Å². The summed E-state index contributed by atoms with van der Waals surface area (Å²) in [5.74, 6) is 0. The second-order valence-corrected chi connectivity index (χ2v) is 6.20. The Morgan fingerprint density at radius 1 is 1.42 bits per heavy atom. The molecule has 0 saturated heterocycles. The van der Waals surface area contributed by atoms with E-state index in [-0.39, 0.29) is 0 Å². The Hall–Kier alpha value is -0.0900. The van der Waals surface area contributed by atoms with Gasteiger partial charge in [-0.1, -0.05) is 6.92 Å². The number of aliphatic hydroxyl groups is 1. The van der Waals surface area contributed by atoms with Crippen LogP contribution < -0.4 is 0 Å². The normalized spacial score (nSPS) is 16.1. The third kappa shape index (κ3) is 4.72. The largest absolute Gasteiger partial charge is 0.390 e. The molecule has 0 amide bonds. The molecule has 1 unspecified atom stereocenters. The molecule has 74 valence electrons. The van der Waals surface area contributed by atoms with E-state index in [0.717, 1.165) is 0 Å². The third-order valence-electron chi connectivity index (χ3n) is 1.79.